The molecule has 0 bridgehead atoms. The van der Waals surface area contributed by atoms with E-state index >= 15 is 0 Å². The second kappa shape index (κ2) is 8.77. The quantitative estimate of drug-likeness (QED) is 0.766. The van der Waals surface area contributed by atoms with Gasteiger partial charge < -0.3 is 24.7 Å². The van der Waals surface area contributed by atoms with Crippen molar-refractivity contribution in [2.24, 2.45) is 0 Å². The molecule has 2 aromatic carbocycles. The van der Waals surface area contributed by atoms with Crippen LogP contribution in [0.5, 0.6) is 0 Å². The van der Waals surface area contributed by atoms with E-state index in [-0.39, 0.29) is 25.5 Å². The molecule has 1 aliphatic carbocycles. The number of aliphatic carboxylic acids is 1. The molecule has 0 unspecified atom stereocenters. The summed E-state index contributed by atoms with van der Waals surface area (Å²) >= 11 is 0. The second-order valence-electron chi connectivity index (χ2n) is 9.37. The number of carbonyl (C=O) groups excluding carboxylic acids is 3. The van der Waals surface area contributed by atoms with Gasteiger partial charge in [-0.1, -0.05) is 48.5 Å². The average Bonchev–Trinajstić information content (AvgIpc) is 3.30. The van der Waals surface area contributed by atoms with Crippen molar-refractivity contribution < 1.29 is 29.0 Å². The molecule has 1 saturated heterocycles. The molecular weight excluding hydrogens is 424 g/mol. The van der Waals surface area contributed by atoms with E-state index in [2.05, 4.69) is 5.32 Å². The van der Waals surface area contributed by atoms with E-state index in [4.69, 9.17) is 9.47 Å². The molecule has 8 heteroatoms. The zero-order valence-corrected chi connectivity index (χ0v) is 18.9. The first-order valence-electron chi connectivity index (χ1n) is 11.0. The molecule has 2 atom stereocenters. The van der Waals surface area contributed by atoms with E-state index in [0.29, 0.717) is 0 Å². The van der Waals surface area contributed by atoms with Crippen LogP contribution in [0.15, 0.2) is 48.5 Å². The van der Waals surface area contributed by atoms with Crippen LogP contribution in [-0.2, 0) is 14.3 Å². The van der Waals surface area contributed by atoms with Crippen molar-refractivity contribution in [2.45, 2.75) is 50.8 Å². The smallest absolute Gasteiger partial charge is 0.410 e. The maximum atomic E-state index is 12.9. The number of likely N-dealkylation sites (tertiary alicyclic amines) is 1. The van der Waals surface area contributed by atoms with Crippen molar-refractivity contribution in [3.63, 3.8) is 0 Å². The lowest BCUT2D eigenvalue weighted by molar-refractivity contribution is -0.310. The van der Waals surface area contributed by atoms with Crippen LogP contribution in [0.2, 0.25) is 0 Å². The number of nitrogens with one attached hydrogen (secondary N) is 1. The maximum absolute atomic E-state index is 12.9. The summed E-state index contributed by atoms with van der Waals surface area (Å²) in [7, 11) is 0. The van der Waals surface area contributed by atoms with Gasteiger partial charge in [0.1, 0.15) is 12.2 Å². The number of ether oxygens (including phenoxy) is 2. The Kier molecular flexibility index (Phi) is 6.01. The molecule has 2 amide bonds. The molecule has 1 N–H and O–H groups in total. The van der Waals surface area contributed by atoms with Gasteiger partial charge in [0.2, 0.25) is 0 Å². The van der Waals surface area contributed by atoms with Gasteiger partial charge >= 0.3 is 12.2 Å². The molecule has 0 radical (unpaired) electrons. The summed E-state index contributed by atoms with van der Waals surface area (Å²) in [6.07, 6.45) is -1.40. The fourth-order valence-corrected chi connectivity index (χ4v) is 4.52. The number of rotatable bonds is 4. The second-order valence-corrected chi connectivity index (χ2v) is 9.37. The first kappa shape index (κ1) is 22.6. The minimum atomic E-state index is -1.39. The summed E-state index contributed by atoms with van der Waals surface area (Å²) in [4.78, 5) is 37.7. The van der Waals surface area contributed by atoms with Crippen LogP contribution in [0.1, 0.15) is 44.2 Å². The highest BCUT2D eigenvalue weighted by Gasteiger charge is 2.39. The number of benzene rings is 2. The van der Waals surface area contributed by atoms with Gasteiger partial charge in [-0.3, -0.25) is 4.90 Å². The van der Waals surface area contributed by atoms with E-state index in [1.807, 2.05) is 48.5 Å². The Morgan fingerprint density at radius 2 is 1.61 bits per heavy atom. The molecule has 1 heterocycles. The van der Waals surface area contributed by atoms with Crippen LogP contribution in [0.3, 0.4) is 0 Å². The Morgan fingerprint density at radius 1 is 1.03 bits per heavy atom. The summed E-state index contributed by atoms with van der Waals surface area (Å²) < 4.78 is 10.8. The lowest BCUT2D eigenvalue weighted by atomic mass is 9.98. The van der Waals surface area contributed by atoms with Crippen LogP contribution in [0, 0.1) is 0 Å². The van der Waals surface area contributed by atoms with Crippen LogP contribution in [-0.4, -0.2) is 53.9 Å². The first-order chi connectivity index (χ1) is 15.6. The van der Waals surface area contributed by atoms with Crippen LogP contribution < -0.4 is 10.4 Å². The summed E-state index contributed by atoms with van der Waals surface area (Å²) in [6.45, 7) is 5.26. The number of amides is 2. The van der Waals surface area contributed by atoms with Crippen molar-refractivity contribution in [1.29, 1.82) is 0 Å². The van der Waals surface area contributed by atoms with Gasteiger partial charge in [0.25, 0.3) is 0 Å². The molecule has 0 spiro atoms. The molecule has 2 aliphatic rings. The molecular formula is C25H27N2O6-. The minimum absolute atomic E-state index is 0.00539. The largest absolute Gasteiger partial charge is 0.548 e. The number of nitrogens with zero attached hydrogens (tertiary/aromatic N) is 1. The molecule has 1 aliphatic heterocycles. The standard InChI is InChI=1S/C25H28N2O6/c1-25(2,3)33-23(30)26-15-12-21(22(28)29)27(13-15)24(31)32-14-20-18-10-6-4-8-16(18)17-9-5-7-11-19(17)20/h4-11,15,20-21H,12-14H2,1-3H3,(H,26,30)(H,28,29)/p-1/t15-,21-/m1/s1. The predicted molar refractivity (Wildman–Crippen MR) is 118 cm³/mol. The number of hydrogen-bond donors (Lipinski definition) is 1. The molecule has 33 heavy (non-hydrogen) atoms. The van der Waals surface area contributed by atoms with Gasteiger partial charge in [-0.15, -0.1) is 0 Å². The number of carboxylic acids is 1. The van der Waals surface area contributed by atoms with Gasteiger partial charge in [0, 0.05) is 12.5 Å². The Bertz CT molecular complexity index is 1030. The summed E-state index contributed by atoms with van der Waals surface area (Å²) in [5.41, 5.74) is 3.64. The number of hydrogen-bond acceptors (Lipinski definition) is 6. The average molecular weight is 451 g/mol. The van der Waals surface area contributed by atoms with E-state index in [9.17, 15) is 19.5 Å². The number of carbonyl (C=O) groups is 3. The number of fused-ring (bicyclic) bond motifs is 3. The zero-order chi connectivity index (χ0) is 23.8. The molecule has 174 valence electrons. The van der Waals surface area contributed by atoms with Crippen molar-refractivity contribution in [2.75, 3.05) is 13.2 Å². The Hall–Kier alpha value is -3.55. The number of alkyl carbamates (subject to hydrolysis) is 1. The van der Waals surface area contributed by atoms with Gasteiger partial charge in [0.05, 0.1) is 18.1 Å². The van der Waals surface area contributed by atoms with E-state index in [1.165, 1.54) is 0 Å². The first-order valence-corrected chi connectivity index (χ1v) is 11.0. The summed E-state index contributed by atoms with van der Waals surface area (Å²) in [6, 6.07) is 14.1. The summed E-state index contributed by atoms with van der Waals surface area (Å²) in [5.74, 6) is -1.53. The Morgan fingerprint density at radius 3 is 2.15 bits per heavy atom. The molecule has 1 fully saturated rings. The van der Waals surface area contributed by atoms with Crippen molar-refractivity contribution >= 4 is 18.2 Å². The van der Waals surface area contributed by atoms with Gasteiger partial charge in [-0.2, -0.15) is 0 Å². The molecule has 2 aromatic rings. The van der Waals surface area contributed by atoms with Gasteiger partial charge in [-0.25, -0.2) is 9.59 Å². The fourth-order valence-electron chi connectivity index (χ4n) is 4.52. The molecule has 0 saturated carbocycles. The lowest BCUT2D eigenvalue weighted by Gasteiger charge is -2.25. The van der Waals surface area contributed by atoms with Crippen LogP contribution in [0.4, 0.5) is 9.59 Å². The molecule has 0 aromatic heterocycles. The highest BCUT2D eigenvalue weighted by molar-refractivity contribution is 5.81. The normalized spacial score (nSPS) is 19.5. The zero-order valence-electron chi connectivity index (χ0n) is 18.9. The summed E-state index contributed by atoms with van der Waals surface area (Å²) in [5, 5.41) is 14.3. The minimum Gasteiger partial charge on any atom is -0.548 e. The SMILES string of the molecule is CC(C)(C)OC(=O)N[C@@H]1C[C@H](C(=O)[O-])N(C(=O)OCC2c3ccccc3-c3ccccc32)C1. The topological polar surface area (TPSA) is 108 Å². The van der Waals surface area contributed by atoms with Crippen molar-refractivity contribution in [3.8, 4) is 11.1 Å². The lowest BCUT2D eigenvalue weighted by Crippen LogP contribution is -2.47. The highest BCUT2D eigenvalue weighted by Crippen LogP contribution is 2.44. The van der Waals surface area contributed by atoms with Crippen molar-refractivity contribution in [1.82, 2.24) is 10.2 Å². The molecule has 8 nitrogen and oxygen atoms in total. The molecule has 4 rings (SSSR count). The third-order valence-corrected chi connectivity index (χ3v) is 5.86. The van der Waals surface area contributed by atoms with Crippen LogP contribution in [0.25, 0.3) is 11.1 Å². The Labute approximate surface area is 192 Å². The van der Waals surface area contributed by atoms with Crippen molar-refractivity contribution in [3.05, 3.63) is 59.7 Å². The van der Waals surface area contributed by atoms with Crippen LogP contribution >= 0.6 is 0 Å². The van der Waals surface area contributed by atoms with Gasteiger partial charge in [0.15, 0.2) is 0 Å². The maximum Gasteiger partial charge on any atom is 0.410 e. The third kappa shape index (κ3) is 4.79. The number of carboxylic acid groups (broad SMARTS) is 1. The fraction of sp³-hybridized carbons (Fsp3) is 0.400. The monoisotopic (exact) mass is 451 g/mol. The van der Waals surface area contributed by atoms with Gasteiger partial charge in [-0.05, 0) is 49.4 Å². The van der Waals surface area contributed by atoms with E-state index in [1.54, 1.807) is 20.8 Å². The Balaban J connectivity index is 1.43. The highest BCUT2D eigenvalue weighted by atomic mass is 16.6. The van der Waals surface area contributed by atoms with E-state index < -0.39 is 35.8 Å². The predicted octanol–water partition coefficient (Wildman–Crippen LogP) is 2.65. The van der Waals surface area contributed by atoms with E-state index in [0.717, 1.165) is 27.2 Å². The third-order valence-electron chi connectivity index (χ3n) is 5.86.